The summed E-state index contributed by atoms with van der Waals surface area (Å²) in [4.78, 5) is 16.8. The Hall–Kier alpha value is -2.40. The van der Waals surface area contributed by atoms with E-state index in [1.165, 1.54) is 28.3 Å². The fourth-order valence-electron chi connectivity index (χ4n) is 2.98. The van der Waals surface area contributed by atoms with Gasteiger partial charge < -0.3 is 5.32 Å². The molecule has 1 amide bonds. The number of aryl methyl sites for hydroxylation is 3. The molecule has 3 aromatic rings. The van der Waals surface area contributed by atoms with Crippen LogP contribution in [0, 0.1) is 6.92 Å². The second-order valence-corrected chi connectivity index (χ2v) is 6.18. The molecule has 0 bridgehead atoms. The maximum absolute atomic E-state index is 12.5. The lowest BCUT2D eigenvalue weighted by molar-refractivity contribution is 0.102. The lowest BCUT2D eigenvalue weighted by Crippen LogP contribution is -2.15. The highest BCUT2D eigenvalue weighted by atomic mass is 35.5. The van der Waals surface area contributed by atoms with E-state index in [0.29, 0.717) is 16.5 Å². The zero-order valence-corrected chi connectivity index (χ0v) is 13.4. The Morgan fingerprint density at radius 2 is 2.09 bits per heavy atom. The van der Waals surface area contributed by atoms with Crippen molar-refractivity contribution in [2.45, 2.75) is 26.2 Å². The van der Waals surface area contributed by atoms with Crippen molar-refractivity contribution in [3.05, 3.63) is 58.0 Å². The average Bonchev–Trinajstić information content (AvgIpc) is 3.14. The Bertz CT molecular complexity index is 932. The van der Waals surface area contributed by atoms with Gasteiger partial charge in [-0.05, 0) is 61.1 Å². The lowest BCUT2D eigenvalue weighted by atomic mass is 10.1. The minimum atomic E-state index is -0.247. The summed E-state index contributed by atoms with van der Waals surface area (Å²) in [5.41, 5.74) is 5.28. The number of halogens is 1. The van der Waals surface area contributed by atoms with Crippen LogP contribution in [0.15, 0.2) is 30.5 Å². The quantitative estimate of drug-likeness (QED) is 0.785. The van der Waals surface area contributed by atoms with Crippen molar-refractivity contribution in [1.82, 2.24) is 14.6 Å². The van der Waals surface area contributed by atoms with Crippen molar-refractivity contribution in [2.24, 2.45) is 0 Å². The number of nitrogens with zero attached hydrogens (tertiary/aromatic N) is 3. The second kappa shape index (κ2) is 5.35. The van der Waals surface area contributed by atoms with Crippen LogP contribution in [0.25, 0.3) is 5.65 Å². The molecule has 6 heteroatoms. The number of anilines is 1. The zero-order valence-electron chi connectivity index (χ0n) is 12.6. The average molecular weight is 327 g/mol. The van der Waals surface area contributed by atoms with E-state index in [1.807, 2.05) is 25.1 Å². The molecule has 1 aromatic carbocycles. The van der Waals surface area contributed by atoms with Crippen molar-refractivity contribution in [2.75, 3.05) is 5.32 Å². The highest BCUT2D eigenvalue weighted by Gasteiger charge is 2.16. The topological polar surface area (TPSA) is 59.3 Å². The number of carbonyl (C=O) groups is 1. The van der Waals surface area contributed by atoms with Crippen LogP contribution in [0.4, 0.5) is 5.69 Å². The van der Waals surface area contributed by atoms with Crippen LogP contribution in [0.5, 0.6) is 0 Å². The molecule has 0 spiro atoms. The number of carbonyl (C=O) groups excluding carboxylic acids is 1. The Balaban J connectivity index is 1.66. The molecule has 0 unspecified atom stereocenters. The third-order valence-corrected chi connectivity index (χ3v) is 4.59. The molecule has 0 aliphatic heterocycles. The maximum Gasteiger partial charge on any atom is 0.276 e. The Morgan fingerprint density at radius 1 is 1.26 bits per heavy atom. The van der Waals surface area contributed by atoms with Gasteiger partial charge in [0.05, 0.1) is 6.20 Å². The molecule has 2 heterocycles. The molecule has 116 valence electrons. The molecule has 5 nitrogen and oxygen atoms in total. The van der Waals surface area contributed by atoms with Crippen LogP contribution in [0.3, 0.4) is 0 Å². The van der Waals surface area contributed by atoms with Gasteiger partial charge in [0, 0.05) is 5.69 Å². The predicted octanol–water partition coefficient (Wildman–Crippen LogP) is 3.43. The first-order chi connectivity index (χ1) is 11.1. The predicted molar refractivity (Wildman–Crippen MR) is 89.2 cm³/mol. The van der Waals surface area contributed by atoms with Gasteiger partial charge in [0.25, 0.3) is 5.91 Å². The minimum Gasteiger partial charge on any atom is -0.321 e. The van der Waals surface area contributed by atoms with Crippen molar-refractivity contribution in [3.63, 3.8) is 0 Å². The number of aromatic nitrogens is 3. The summed E-state index contributed by atoms with van der Waals surface area (Å²) in [6.07, 6.45) is 4.90. The molecule has 1 aliphatic rings. The first-order valence-corrected chi connectivity index (χ1v) is 7.93. The van der Waals surface area contributed by atoms with E-state index in [-0.39, 0.29) is 5.91 Å². The van der Waals surface area contributed by atoms with Crippen molar-refractivity contribution in [1.29, 1.82) is 0 Å². The van der Waals surface area contributed by atoms with Gasteiger partial charge in [-0.3, -0.25) is 4.79 Å². The molecule has 0 saturated heterocycles. The van der Waals surface area contributed by atoms with E-state index in [0.717, 1.165) is 24.1 Å². The lowest BCUT2D eigenvalue weighted by Gasteiger charge is -2.07. The van der Waals surface area contributed by atoms with E-state index in [1.54, 1.807) is 0 Å². The van der Waals surface area contributed by atoms with E-state index in [9.17, 15) is 4.79 Å². The molecular weight excluding hydrogens is 312 g/mol. The Labute approximate surface area is 138 Å². The molecule has 1 N–H and O–H groups in total. The fourth-order valence-corrected chi connectivity index (χ4v) is 3.11. The van der Waals surface area contributed by atoms with Crippen LogP contribution in [0.1, 0.15) is 33.6 Å². The van der Waals surface area contributed by atoms with Gasteiger partial charge in [0.2, 0.25) is 0 Å². The fraction of sp³-hybridized carbons (Fsp3) is 0.235. The van der Waals surface area contributed by atoms with Gasteiger partial charge >= 0.3 is 0 Å². The van der Waals surface area contributed by atoms with Gasteiger partial charge in [0.15, 0.2) is 16.5 Å². The number of nitrogens with one attached hydrogen (secondary N) is 1. The number of benzene rings is 1. The second-order valence-electron chi connectivity index (χ2n) is 5.82. The van der Waals surface area contributed by atoms with Crippen molar-refractivity contribution in [3.8, 4) is 0 Å². The monoisotopic (exact) mass is 326 g/mol. The highest BCUT2D eigenvalue weighted by molar-refractivity contribution is 6.30. The molecule has 2 aromatic heterocycles. The van der Waals surface area contributed by atoms with E-state index in [4.69, 9.17) is 11.6 Å². The molecular formula is C17H15ClN4O. The summed E-state index contributed by atoms with van der Waals surface area (Å²) in [7, 11) is 0. The van der Waals surface area contributed by atoms with Crippen LogP contribution >= 0.6 is 11.6 Å². The number of rotatable bonds is 2. The first-order valence-electron chi connectivity index (χ1n) is 7.56. The summed E-state index contributed by atoms with van der Waals surface area (Å²) < 4.78 is 1.47. The Morgan fingerprint density at radius 3 is 2.96 bits per heavy atom. The summed E-state index contributed by atoms with van der Waals surface area (Å²) in [5, 5.41) is 7.49. The van der Waals surface area contributed by atoms with Crippen LogP contribution in [-0.4, -0.2) is 20.5 Å². The molecule has 23 heavy (non-hydrogen) atoms. The summed E-state index contributed by atoms with van der Waals surface area (Å²) in [6, 6.07) is 7.89. The number of amides is 1. The first kappa shape index (κ1) is 14.2. The summed E-state index contributed by atoms with van der Waals surface area (Å²) >= 11 is 6.05. The normalized spacial score (nSPS) is 13.3. The zero-order chi connectivity index (χ0) is 16.0. The van der Waals surface area contributed by atoms with Gasteiger partial charge in [-0.15, -0.1) is 0 Å². The van der Waals surface area contributed by atoms with E-state index < -0.39 is 0 Å². The molecule has 4 rings (SSSR count). The number of hydrogen-bond acceptors (Lipinski definition) is 3. The SMILES string of the molecule is Cc1cc2ncc(C(=O)Nc3ccc4c(c3)CCC4)n2nc1Cl. The Kier molecular flexibility index (Phi) is 3.31. The van der Waals surface area contributed by atoms with Crippen molar-refractivity contribution < 1.29 is 4.79 Å². The van der Waals surface area contributed by atoms with Crippen LogP contribution in [-0.2, 0) is 12.8 Å². The number of hydrogen-bond donors (Lipinski definition) is 1. The third kappa shape index (κ3) is 2.47. The van der Waals surface area contributed by atoms with Crippen LogP contribution in [0.2, 0.25) is 5.15 Å². The van der Waals surface area contributed by atoms with Crippen LogP contribution < -0.4 is 5.32 Å². The van der Waals surface area contributed by atoms with Gasteiger partial charge in [-0.25, -0.2) is 9.50 Å². The van der Waals surface area contributed by atoms with Gasteiger partial charge in [-0.1, -0.05) is 17.7 Å². The van der Waals surface area contributed by atoms with Gasteiger partial charge in [0.1, 0.15) is 0 Å². The minimum absolute atomic E-state index is 0.247. The van der Waals surface area contributed by atoms with Crippen molar-refractivity contribution >= 4 is 28.8 Å². The standard InChI is InChI=1S/C17H15ClN4O/c1-10-7-15-19-9-14(22(15)21-16(10)18)17(23)20-13-6-5-11-3-2-4-12(11)8-13/h5-9H,2-4H2,1H3,(H,20,23). The third-order valence-electron chi connectivity index (χ3n) is 4.21. The largest absolute Gasteiger partial charge is 0.321 e. The summed E-state index contributed by atoms with van der Waals surface area (Å²) in [5.74, 6) is -0.247. The molecule has 0 saturated carbocycles. The van der Waals surface area contributed by atoms with Gasteiger partial charge in [-0.2, -0.15) is 5.10 Å². The maximum atomic E-state index is 12.5. The number of imidazole rings is 1. The van der Waals surface area contributed by atoms with E-state index in [2.05, 4.69) is 21.5 Å². The molecule has 1 aliphatic carbocycles. The molecule has 0 radical (unpaired) electrons. The highest BCUT2D eigenvalue weighted by Crippen LogP contribution is 2.25. The molecule has 0 atom stereocenters. The smallest absolute Gasteiger partial charge is 0.276 e. The van der Waals surface area contributed by atoms with E-state index >= 15 is 0 Å². The molecule has 0 fully saturated rings. The number of fused-ring (bicyclic) bond motifs is 2. The summed E-state index contributed by atoms with van der Waals surface area (Å²) in [6.45, 7) is 1.86.